The van der Waals surface area contributed by atoms with E-state index in [0.717, 1.165) is 23.1 Å². The van der Waals surface area contributed by atoms with E-state index in [1.807, 2.05) is 37.3 Å². The highest BCUT2D eigenvalue weighted by molar-refractivity contribution is 7.09. The molecule has 0 aliphatic heterocycles. The van der Waals surface area contributed by atoms with Crippen molar-refractivity contribution in [1.82, 2.24) is 19.2 Å². The molecule has 108 valence electrons. The topological polar surface area (TPSA) is 65.4 Å². The molecule has 6 nitrogen and oxygen atoms in total. The van der Waals surface area contributed by atoms with Gasteiger partial charge in [-0.15, -0.1) is 0 Å². The van der Waals surface area contributed by atoms with Gasteiger partial charge >= 0.3 is 0 Å². The molecule has 0 bridgehead atoms. The summed E-state index contributed by atoms with van der Waals surface area (Å²) in [5, 5.41) is 10.1. The standard InChI is InChI=1S/C13H19N5OS/c1-17(2)13-15-12(16-20-13)10-18(6-7-19)9-11-4-3-5-14-8-11/h3-5,8,19H,6-7,9-10H2,1-2H3. The molecular formula is C13H19N5OS. The fraction of sp³-hybridized carbons (Fsp3) is 0.462. The lowest BCUT2D eigenvalue weighted by molar-refractivity contribution is 0.181. The molecule has 0 amide bonds. The molecule has 0 saturated heterocycles. The molecule has 0 fully saturated rings. The summed E-state index contributed by atoms with van der Waals surface area (Å²) in [4.78, 5) is 12.6. The summed E-state index contributed by atoms with van der Waals surface area (Å²) in [6.07, 6.45) is 3.59. The van der Waals surface area contributed by atoms with Crippen LogP contribution in [0, 0.1) is 0 Å². The normalized spacial score (nSPS) is 11.0. The number of nitrogens with zero attached hydrogens (tertiary/aromatic N) is 5. The van der Waals surface area contributed by atoms with Gasteiger partial charge in [-0.2, -0.15) is 4.37 Å². The first kappa shape index (κ1) is 14.8. The zero-order chi connectivity index (χ0) is 14.4. The second kappa shape index (κ2) is 7.28. The molecule has 0 radical (unpaired) electrons. The Morgan fingerprint density at radius 3 is 2.75 bits per heavy atom. The van der Waals surface area contributed by atoms with Crippen molar-refractivity contribution in [3.05, 3.63) is 35.9 Å². The molecule has 0 aromatic carbocycles. The Labute approximate surface area is 122 Å². The van der Waals surface area contributed by atoms with Gasteiger partial charge in [0.2, 0.25) is 5.13 Å². The molecule has 0 spiro atoms. The summed E-state index contributed by atoms with van der Waals surface area (Å²) in [5.41, 5.74) is 1.11. The van der Waals surface area contributed by atoms with Gasteiger partial charge in [-0.1, -0.05) is 6.07 Å². The van der Waals surface area contributed by atoms with Gasteiger partial charge in [-0.25, -0.2) is 4.98 Å². The van der Waals surface area contributed by atoms with Crippen molar-refractivity contribution in [1.29, 1.82) is 0 Å². The van der Waals surface area contributed by atoms with Crippen molar-refractivity contribution in [3.63, 3.8) is 0 Å². The van der Waals surface area contributed by atoms with E-state index < -0.39 is 0 Å². The van der Waals surface area contributed by atoms with Gasteiger partial charge < -0.3 is 10.0 Å². The first-order valence-corrected chi connectivity index (χ1v) is 7.18. The van der Waals surface area contributed by atoms with Crippen molar-refractivity contribution < 1.29 is 5.11 Å². The Morgan fingerprint density at radius 2 is 2.15 bits per heavy atom. The molecule has 0 aliphatic carbocycles. The monoisotopic (exact) mass is 293 g/mol. The highest BCUT2D eigenvalue weighted by atomic mass is 32.1. The Balaban J connectivity index is 2.01. The van der Waals surface area contributed by atoms with Crippen LogP contribution < -0.4 is 4.90 Å². The zero-order valence-electron chi connectivity index (χ0n) is 11.7. The largest absolute Gasteiger partial charge is 0.395 e. The van der Waals surface area contributed by atoms with E-state index in [4.69, 9.17) is 0 Å². The minimum absolute atomic E-state index is 0.116. The van der Waals surface area contributed by atoms with Crippen LogP contribution in [-0.4, -0.2) is 51.6 Å². The third-order valence-corrected chi connectivity index (χ3v) is 3.67. The van der Waals surface area contributed by atoms with Crippen LogP contribution in [0.5, 0.6) is 0 Å². The van der Waals surface area contributed by atoms with Crippen LogP contribution in [0.2, 0.25) is 0 Å². The van der Waals surface area contributed by atoms with Crippen LogP contribution in [-0.2, 0) is 13.1 Å². The van der Waals surface area contributed by atoms with E-state index in [1.54, 1.807) is 6.20 Å². The fourth-order valence-corrected chi connectivity index (χ4v) is 2.39. The Hall–Kier alpha value is -1.57. The summed E-state index contributed by atoms with van der Waals surface area (Å²) in [5.74, 6) is 0.788. The Morgan fingerprint density at radius 1 is 1.30 bits per heavy atom. The summed E-state index contributed by atoms with van der Waals surface area (Å²) in [6, 6.07) is 3.94. The summed E-state index contributed by atoms with van der Waals surface area (Å²) < 4.78 is 4.35. The molecular weight excluding hydrogens is 274 g/mol. The van der Waals surface area contributed by atoms with Crippen LogP contribution in [0.25, 0.3) is 0 Å². The third kappa shape index (κ3) is 4.22. The molecule has 20 heavy (non-hydrogen) atoms. The lowest BCUT2D eigenvalue weighted by Crippen LogP contribution is -2.26. The van der Waals surface area contributed by atoms with E-state index in [9.17, 15) is 5.11 Å². The summed E-state index contributed by atoms with van der Waals surface area (Å²) >= 11 is 1.39. The van der Waals surface area contributed by atoms with Crippen molar-refractivity contribution in [2.24, 2.45) is 0 Å². The van der Waals surface area contributed by atoms with E-state index in [1.165, 1.54) is 11.5 Å². The second-order valence-electron chi connectivity index (χ2n) is 4.68. The number of pyridine rings is 1. The van der Waals surface area contributed by atoms with Crippen molar-refractivity contribution in [2.75, 3.05) is 32.1 Å². The van der Waals surface area contributed by atoms with Gasteiger partial charge in [-0.05, 0) is 11.6 Å². The van der Waals surface area contributed by atoms with Gasteiger partial charge in [0, 0.05) is 51.1 Å². The molecule has 2 aromatic rings. The van der Waals surface area contributed by atoms with Gasteiger partial charge in [-0.3, -0.25) is 9.88 Å². The quantitative estimate of drug-likeness (QED) is 0.821. The number of aromatic nitrogens is 3. The molecule has 0 unspecified atom stereocenters. The first-order valence-electron chi connectivity index (χ1n) is 6.41. The maximum atomic E-state index is 9.18. The van der Waals surface area contributed by atoms with Gasteiger partial charge in [0.25, 0.3) is 0 Å². The van der Waals surface area contributed by atoms with E-state index >= 15 is 0 Å². The van der Waals surface area contributed by atoms with Crippen LogP contribution in [0.15, 0.2) is 24.5 Å². The van der Waals surface area contributed by atoms with Crippen LogP contribution >= 0.6 is 11.5 Å². The van der Waals surface area contributed by atoms with Crippen molar-refractivity contribution >= 4 is 16.7 Å². The molecule has 2 rings (SSSR count). The minimum atomic E-state index is 0.116. The maximum Gasteiger partial charge on any atom is 0.204 e. The number of aliphatic hydroxyl groups excluding tert-OH is 1. The second-order valence-corrected chi connectivity index (χ2v) is 5.41. The molecule has 2 heterocycles. The Kier molecular flexibility index (Phi) is 5.40. The molecule has 0 saturated carbocycles. The number of hydrogen-bond acceptors (Lipinski definition) is 7. The molecule has 0 atom stereocenters. The van der Waals surface area contributed by atoms with E-state index in [2.05, 4.69) is 19.2 Å². The van der Waals surface area contributed by atoms with E-state index in [-0.39, 0.29) is 6.61 Å². The molecule has 0 aliphatic rings. The van der Waals surface area contributed by atoms with Crippen LogP contribution in [0.1, 0.15) is 11.4 Å². The van der Waals surface area contributed by atoms with Gasteiger partial charge in [0.15, 0.2) is 5.82 Å². The highest BCUT2D eigenvalue weighted by Gasteiger charge is 2.11. The SMILES string of the molecule is CN(C)c1nc(CN(CCO)Cc2cccnc2)ns1. The Bertz CT molecular complexity index is 516. The lowest BCUT2D eigenvalue weighted by Gasteiger charge is -2.19. The minimum Gasteiger partial charge on any atom is -0.395 e. The average molecular weight is 293 g/mol. The lowest BCUT2D eigenvalue weighted by atomic mass is 10.2. The maximum absolute atomic E-state index is 9.18. The predicted molar refractivity (Wildman–Crippen MR) is 79.7 cm³/mol. The fourth-order valence-electron chi connectivity index (χ4n) is 1.80. The first-order chi connectivity index (χ1) is 9.69. The van der Waals surface area contributed by atoms with Crippen molar-refractivity contribution in [3.8, 4) is 0 Å². The summed E-state index contributed by atoms with van der Waals surface area (Å²) in [6.45, 7) is 2.06. The smallest absolute Gasteiger partial charge is 0.204 e. The van der Waals surface area contributed by atoms with Crippen LogP contribution in [0.3, 0.4) is 0 Å². The van der Waals surface area contributed by atoms with Crippen molar-refractivity contribution in [2.45, 2.75) is 13.1 Å². The van der Waals surface area contributed by atoms with Gasteiger partial charge in [0.1, 0.15) is 0 Å². The van der Waals surface area contributed by atoms with Gasteiger partial charge in [0.05, 0.1) is 13.2 Å². The highest BCUT2D eigenvalue weighted by Crippen LogP contribution is 2.15. The molecule has 1 N–H and O–H groups in total. The molecule has 7 heteroatoms. The number of rotatable bonds is 7. The zero-order valence-corrected chi connectivity index (χ0v) is 12.5. The third-order valence-electron chi connectivity index (χ3n) is 2.75. The number of aliphatic hydroxyl groups is 1. The summed E-state index contributed by atoms with van der Waals surface area (Å²) in [7, 11) is 3.90. The van der Waals surface area contributed by atoms with E-state index in [0.29, 0.717) is 13.1 Å². The predicted octanol–water partition coefficient (Wildman–Crippen LogP) is 0.994. The average Bonchev–Trinajstić information content (AvgIpc) is 2.89. The number of anilines is 1. The van der Waals surface area contributed by atoms with Crippen LogP contribution in [0.4, 0.5) is 5.13 Å². The number of hydrogen-bond donors (Lipinski definition) is 1. The molecule has 2 aromatic heterocycles.